The Morgan fingerprint density at radius 3 is 2.19 bits per heavy atom. The Bertz CT molecular complexity index is 1060. The molecule has 0 radical (unpaired) electrons. The Morgan fingerprint density at radius 2 is 1.55 bits per heavy atom. The van der Waals surface area contributed by atoms with Crippen molar-refractivity contribution < 1.29 is 14.3 Å². The number of hydrogen-bond acceptors (Lipinski definition) is 5. The average molecular weight is 419 g/mol. The molecule has 1 aliphatic heterocycles. The Morgan fingerprint density at radius 1 is 0.903 bits per heavy atom. The molecule has 0 atom stereocenters. The van der Waals surface area contributed by atoms with Gasteiger partial charge in [0.2, 0.25) is 0 Å². The number of ether oxygens (including phenoxy) is 1. The number of amides is 2. The van der Waals surface area contributed by atoms with Crippen molar-refractivity contribution in [2.24, 2.45) is 0 Å². The number of benzene rings is 2. The van der Waals surface area contributed by atoms with Crippen molar-refractivity contribution in [3.63, 3.8) is 0 Å². The monoisotopic (exact) mass is 419 g/mol. The smallest absolute Gasteiger partial charge is 0.259 e. The number of aromatic nitrogens is 2. The van der Waals surface area contributed by atoms with Gasteiger partial charge < -0.3 is 20.3 Å². The minimum Gasteiger partial charge on any atom is -0.497 e. The summed E-state index contributed by atoms with van der Waals surface area (Å²) in [6.45, 7) is 2.05. The second kappa shape index (κ2) is 8.91. The molecule has 8 nitrogen and oxygen atoms in total. The fourth-order valence-electron chi connectivity index (χ4n) is 3.71. The molecule has 1 aliphatic rings. The standard InChI is InChI=1S/C23H25N5O3/c1-31-19-10-8-17(9-11-19)22(29)26-12-5-13-27(15-14-26)23(30)20-16-25-28(21(20)24)18-6-3-2-4-7-18/h2-4,6-11,16H,5,12-15,24H2,1H3. The van der Waals surface area contributed by atoms with Gasteiger partial charge in [-0.1, -0.05) is 18.2 Å². The maximum absolute atomic E-state index is 13.1. The van der Waals surface area contributed by atoms with E-state index in [1.807, 2.05) is 30.3 Å². The first-order valence-corrected chi connectivity index (χ1v) is 10.2. The van der Waals surface area contributed by atoms with Gasteiger partial charge in [-0.25, -0.2) is 4.68 Å². The predicted molar refractivity (Wildman–Crippen MR) is 117 cm³/mol. The molecule has 0 bridgehead atoms. The molecule has 0 unspecified atom stereocenters. The third kappa shape index (κ3) is 4.23. The van der Waals surface area contributed by atoms with E-state index >= 15 is 0 Å². The number of nitrogen functional groups attached to an aromatic ring is 1. The van der Waals surface area contributed by atoms with Crippen LogP contribution in [0, 0.1) is 0 Å². The maximum atomic E-state index is 13.1. The van der Waals surface area contributed by atoms with Crippen molar-refractivity contribution in [2.75, 3.05) is 39.0 Å². The number of nitrogens with two attached hydrogens (primary N) is 1. The van der Waals surface area contributed by atoms with Gasteiger partial charge in [0.25, 0.3) is 11.8 Å². The van der Waals surface area contributed by atoms with Gasteiger partial charge in [0.05, 0.1) is 19.0 Å². The summed E-state index contributed by atoms with van der Waals surface area (Å²) in [6, 6.07) is 16.5. The van der Waals surface area contributed by atoms with Crippen LogP contribution in [0.5, 0.6) is 5.75 Å². The number of hydrogen-bond donors (Lipinski definition) is 1. The van der Waals surface area contributed by atoms with Gasteiger partial charge in [0.1, 0.15) is 17.1 Å². The Hall–Kier alpha value is -3.81. The largest absolute Gasteiger partial charge is 0.497 e. The molecule has 0 spiro atoms. The van der Waals surface area contributed by atoms with Crippen LogP contribution in [0.15, 0.2) is 60.8 Å². The first kappa shape index (κ1) is 20.5. The molecular weight excluding hydrogens is 394 g/mol. The fourth-order valence-corrected chi connectivity index (χ4v) is 3.71. The molecule has 2 N–H and O–H groups in total. The van der Waals surface area contributed by atoms with Crippen molar-refractivity contribution in [1.82, 2.24) is 19.6 Å². The van der Waals surface area contributed by atoms with Gasteiger partial charge in [-0.05, 0) is 42.8 Å². The van der Waals surface area contributed by atoms with Crippen LogP contribution in [0.4, 0.5) is 5.82 Å². The summed E-state index contributed by atoms with van der Waals surface area (Å²) in [5, 5.41) is 4.29. The van der Waals surface area contributed by atoms with Gasteiger partial charge in [0.15, 0.2) is 0 Å². The molecule has 1 aromatic heterocycles. The molecule has 0 saturated carbocycles. The highest BCUT2D eigenvalue weighted by atomic mass is 16.5. The highest BCUT2D eigenvalue weighted by Crippen LogP contribution is 2.20. The highest BCUT2D eigenvalue weighted by Gasteiger charge is 2.26. The first-order valence-electron chi connectivity index (χ1n) is 10.2. The molecule has 1 saturated heterocycles. The van der Waals surface area contributed by atoms with E-state index in [0.29, 0.717) is 55.3 Å². The molecule has 160 valence electrons. The van der Waals surface area contributed by atoms with Gasteiger partial charge >= 0.3 is 0 Å². The van der Waals surface area contributed by atoms with E-state index in [1.165, 1.54) is 6.20 Å². The lowest BCUT2D eigenvalue weighted by molar-refractivity contribution is 0.0719. The maximum Gasteiger partial charge on any atom is 0.259 e. The third-order valence-electron chi connectivity index (χ3n) is 5.44. The normalized spacial score (nSPS) is 14.2. The second-order valence-electron chi connectivity index (χ2n) is 7.36. The SMILES string of the molecule is COc1ccc(C(=O)N2CCCN(C(=O)c3cnn(-c4ccccc4)c3N)CC2)cc1. The van der Waals surface area contributed by atoms with E-state index in [-0.39, 0.29) is 11.8 Å². The first-order chi connectivity index (χ1) is 15.1. The van der Waals surface area contributed by atoms with Gasteiger partial charge in [-0.2, -0.15) is 5.10 Å². The van der Waals surface area contributed by atoms with Crippen molar-refractivity contribution in [1.29, 1.82) is 0 Å². The van der Waals surface area contributed by atoms with Crippen LogP contribution in [0.3, 0.4) is 0 Å². The Kier molecular flexibility index (Phi) is 5.88. The summed E-state index contributed by atoms with van der Waals surface area (Å²) >= 11 is 0. The van der Waals surface area contributed by atoms with Crippen LogP contribution in [-0.4, -0.2) is 64.7 Å². The minimum absolute atomic E-state index is 0.0478. The van der Waals surface area contributed by atoms with Gasteiger partial charge in [0, 0.05) is 31.7 Å². The number of carbonyl (C=O) groups excluding carboxylic acids is 2. The molecule has 2 amide bonds. The van der Waals surface area contributed by atoms with Crippen molar-refractivity contribution >= 4 is 17.6 Å². The Labute approximate surface area is 180 Å². The van der Waals surface area contributed by atoms with Crippen molar-refractivity contribution in [2.45, 2.75) is 6.42 Å². The van der Waals surface area contributed by atoms with Crippen LogP contribution in [0.25, 0.3) is 5.69 Å². The lowest BCUT2D eigenvalue weighted by atomic mass is 10.2. The zero-order chi connectivity index (χ0) is 21.8. The summed E-state index contributed by atoms with van der Waals surface area (Å²) in [5.41, 5.74) is 8.01. The predicted octanol–water partition coefficient (Wildman–Crippen LogP) is 2.45. The zero-order valence-corrected chi connectivity index (χ0v) is 17.4. The summed E-state index contributed by atoms with van der Waals surface area (Å²) in [5.74, 6) is 0.802. The number of para-hydroxylation sites is 1. The fraction of sp³-hybridized carbons (Fsp3) is 0.261. The summed E-state index contributed by atoms with van der Waals surface area (Å²) < 4.78 is 6.71. The molecule has 1 fully saturated rings. The quantitative estimate of drug-likeness (QED) is 0.701. The molecular formula is C23H25N5O3. The zero-order valence-electron chi connectivity index (χ0n) is 17.4. The van der Waals surface area contributed by atoms with Crippen LogP contribution < -0.4 is 10.5 Å². The topological polar surface area (TPSA) is 93.7 Å². The number of rotatable bonds is 4. The summed E-state index contributed by atoms with van der Waals surface area (Å²) in [7, 11) is 1.59. The average Bonchev–Trinajstić information content (AvgIpc) is 3.03. The number of nitrogens with zero attached hydrogens (tertiary/aromatic N) is 4. The molecule has 2 aromatic carbocycles. The number of carbonyl (C=O) groups is 2. The van der Waals surface area contributed by atoms with E-state index in [4.69, 9.17) is 10.5 Å². The van der Waals surface area contributed by atoms with Crippen molar-refractivity contribution in [3.05, 3.63) is 71.9 Å². The second-order valence-corrected chi connectivity index (χ2v) is 7.36. The van der Waals surface area contributed by atoms with Gasteiger partial charge in [-0.3, -0.25) is 9.59 Å². The molecule has 31 heavy (non-hydrogen) atoms. The van der Waals surface area contributed by atoms with Crippen LogP contribution in [0.1, 0.15) is 27.1 Å². The highest BCUT2D eigenvalue weighted by molar-refractivity contribution is 5.98. The third-order valence-corrected chi connectivity index (χ3v) is 5.44. The van der Waals surface area contributed by atoms with E-state index in [2.05, 4.69) is 5.10 Å². The molecule has 4 rings (SSSR count). The van der Waals surface area contributed by atoms with Crippen LogP contribution in [0.2, 0.25) is 0 Å². The lowest BCUT2D eigenvalue weighted by Gasteiger charge is -2.22. The van der Waals surface area contributed by atoms with E-state index in [0.717, 1.165) is 5.69 Å². The van der Waals surface area contributed by atoms with E-state index in [9.17, 15) is 9.59 Å². The van der Waals surface area contributed by atoms with Crippen molar-refractivity contribution in [3.8, 4) is 11.4 Å². The lowest BCUT2D eigenvalue weighted by Crippen LogP contribution is -2.37. The molecule has 3 aromatic rings. The number of methoxy groups -OCH3 is 1. The van der Waals surface area contributed by atoms with E-state index < -0.39 is 0 Å². The van der Waals surface area contributed by atoms with E-state index in [1.54, 1.807) is 45.9 Å². The minimum atomic E-state index is -0.168. The molecule has 2 heterocycles. The van der Waals surface area contributed by atoms with Crippen LogP contribution in [-0.2, 0) is 0 Å². The number of anilines is 1. The Balaban J connectivity index is 1.44. The summed E-state index contributed by atoms with van der Waals surface area (Å²) in [4.78, 5) is 29.5. The molecule has 0 aliphatic carbocycles. The van der Waals surface area contributed by atoms with Gasteiger partial charge in [-0.15, -0.1) is 0 Å². The van der Waals surface area contributed by atoms with Crippen LogP contribution >= 0.6 is 0 Å². The summed E-state index contributed by atoms with van der Waals surface area (Å²) in [6.07, 6.45) is 2.20. The molecule has 8 heteroatoms.